The highest BCUT2D eigenvalue weighted by Gasteiger charge is 2.05. The zero-order valence-electron chi connectivity index (χ0n) is 14.0. The quantitative estimate of drug-likeness (QED) is 0.692. The number of nitrogens with one attached hydrogen (secondary N) is 2. The van der Waals surface area contributed by atoms with Crippen molar-refractivity contribution in [3.8, 4) is 5.75 Å². The van der Waals surface area contributed by atoms with Gasteiger partial charge in [0.05, 0.1) is 19.2 Å². The van der Waals surface area contributed by atoms with Crippen molar-refractivity contribution in [3.05, 3.63) is 84.4 Å². The second-order valence-corrected chi connectivity index (χ2v) is 5.61. The van der Waals surface area contributed by atoms with Crippen molar-refractivity contribution in [3.63, 3.8) is 0 Å². The van der Waals surface area contributed by atoms with Crippen LogP contribution in [0, 0.1) is 0 Å². The molecule has 3 rings (SSSR count). The molecule has 0 saturated carbocycles. The Balaban J connectivity index is 1.61. The SMILES string of the molecule is COc1ccccc1Nc1ccc(NC(=O)Cc2ccccc2)cc1. The Bertz CT molecular complexity index is 830. The third-order valence-electron chi connectivity index (χ3n) is 3.76. The first-order valence-electron chi connectivity index (χ1n) is 8.08. The molecule has 25 heavy (non-hydrogen) atoms. The summed E-state index contributed by atoms with van der Waals surface area (Å²) in [5.74, 6) is 0.749. The summed E-state index contributed by atoms with van der Waals surface area (Å²) >= 11 is 0. The lowest BCUT2D eigenvalue weighted by atomic mass is 10.1. The molecule has 0 aliphatic carbocycles. The molecule has 0 spiro atoms. The highest BCUT2D eigenvalue weighted by atomic mass is 16.5. The normalized spacial score (nSPS) is 10.1. The predicted octanol–water partition coefficient (Wildman–Crippen LogP) is 4.62. The summed E-state index contributed by atoms with van der Waals surface area (Å²) in [6.07, 6.45) is 0.363. The molecule has 0 aromatic heterocycles. The maximum Gasteiger partial charge on any atom is 0.228 e. The van der Waals surface area contributed by atoms with Crippen molar-refractivity contribution in [2.75, 3.05) is 17.7 Å². The molecule has 3 aromatic rings. The maximum absolute atomic E-state index is 12.1. The largest absolute Gasteiger partial charge is 0.495 e. The molecule has 4 heteroatoms. The number of rotatable bonds is 6. The van der Waals surface area contributed by atoms with E-state index in [1.54, 1.807) is 7.11 Å². The average molecular weight is 332 g/mol. The number of carbonyl (C=O) groups is 1. The van der Waals surface area contributed by atoms with E-state index in [2.05, 4.69) is 10.6 Å². The Hall–Kier alpha value is -3.27. The summed E-state index contributed by atoms with van der Waals surface area (Å²) in [6, 6.07) is 25.0. The van der Waals surface area contributed by atoms with Gasteiger partial charge in [0.15, 0.2) is 0 Å². The second kappa shape index (κ2) is 8.02. The monoisotopic (exact) mass is 332 g/mol. The molecular formula is C21H20N2O2. The molecular weight excluding hydrogens is 312 g/mol. The van der Waals surface area contributed by atoms with Gasteiger partial charge in [0, 0.05) is 11.4 Å². The lowest BCUT2D eigenvalue weighted by Crippen LogP contribution is -2.14. The van der Waals surface area contributed by atoms with E-state index in [9.17, 15) is 4.79 Å². The number of anilines is 3. The summed E-state index contributed by atoms with van der Waals surface area (Å²) in [6.45, 7) is 0. The van der Waals surface area contributed by atoms with Crippen LogP contribution in [-0.4, -0.2) is 13.0 Å². The first kappa shape index (κ1) is 16.6. The van der Waals surface area contributed by atoms with E-state index >= 15 is 0 Å². The lowest BCUT2D eigenvalue weighted by Gasteiger charge is -2.11. The van der Waals surface area contributed by atoms with E-state index in [-0.39, 0.29) is 5.91 Å². The minimum absolute atomic E-state index is 0.0309. The van der Waals surface area contributed by atoms with Crippen molar-refractivity contribution in [1.29, 1.82) is 0 Å². The van der Waals surface area contributed by atoms with E-state index < -0.39 is 0 Å². The molecule has 0 radical (unpaired) electrons. The standard InChI is InChI=1S/C21H20N2O2/c1-25-20-10-6-5-9-19(20)22-17-11-13-18(14-12-17)23-21(24)15-16-7-3-2-4-8-16/h2-14,22H,15H2,1H3,(H,23,24). The van der Waals surface area contributed by atoms with Crippen molar-refractivity contribution in [2.24, 2.45) is 0 Å². The molecule has 4 nitrogen and oxygen atoms in total. The zero-order valence-corrected chi connectivity index (χ0v) is 14.0. The highest BCUT2D eigenvalue weighted by molar-refractivity contribution is 5.92. The smallest absolute Gasteiger partial charge is 0.228 e. The van der Waals surface area contributed by atoms with Crippen LogP contribution in [0.2, 0.25) is 0 Å². The van der Waals surface area contributed by atoms with Gasteiger partial charge < -0.3 is 15.4 Å². The van der Waals surface area contributed by atoms with E-state index in [0.29, 0.717) is 6.42 Å². The first-order valence-corrected chi connectivity index (χ1v) is 8.08. The fourth-order valence-electron chi connectivity index (χ4n) is 2.53. The average Bonchev–Trinajstić information content (AvgIpc) is 2.64. The van der Waals surface area contributed by atoms with Crippen molar-refractivity contribution in [1.82, 2.24) is 0 Å². The molecule has 0 aliphatic rings. The number of methoxy groups -OCH3 is 1. The number of carbonyl (C=O) groups excluding carboxylic acids is 1. The van der Waals surface area contributed by atoms with Gasteiger partial charge in [-0.3, -0.25) is 4.79 Å². The van der Waals surface area contributed by atoms with Gasteiger partial charge in [0.2, 0.25) is 5.91 Å². The van der Waals surface area contributed by atoms with E-state index in [4.69, 9.17) is 4.74 Å². The Kier molecular flexibility index (Phi) is 5.32. The molecule has 126 valence electrons. The number of amides is 1. The van der Waals surface area contributed by atoms with Crippen LogP contribution in [-0.2, 0) is 11.2 Å². The van der Waals surface area contributed by atoms with E-state index in [1.807, 2.05) is 78.9 Å². The third-order valence-corrected chi connectivity index (χ3v) is 3.76. The van der Waals surface area contributed by atoms with E-state index in [1.165, 1.54) is 0 Å². The molecule has 1 amide bonds. The number of benzene rings is 3. The number of ether oxygens (including phenoxy) is 1. The topological polar surface area (TPSA) is 50.4 Å². The first-order chi connectivity index (χ1) is 12.2. The Morgan fingerprint density at radius 2 is 1.48 bits per heavy atom. The van der Waals surface area contributed by atoms with Gasteiger partial charge >= 0.3 is 0 Å². The van der Waals surface area contributed by atoms with Crippen molar-refractivity contribution < 1.29 is 9.53 Å². The third kappa shape index (κ3) is 4.61. The van der Waals surface area contributed by atoms with Gasteiger partial charge in [-0.15, -0.1) is 0 Å². The molecule has 0 unspecified atom stereocenters. The molecule has 0 aliphatic heterocycles. The Morgan fingerprint density at radius 1 is 0.840 bits per heavy atom. The van der Waals surface area contributed by atoms with Gasteiger partial charge in [0.25, 0.3) is 0 Å². The number of hydrogen-bond acceptors (Lipinski definition) is 3. The van der Waals surface area contributed by atoms with Gasteiger partial charge in [-0.1, -0.05) is 42.5 Å². The van der Waals surface area contributed by atoms with Gasteiger partial charge in [-0.2, -0.15) is 0 Å². The summed E-state index contributed by atoms with van der Waals surface area (Å²) in [7, 11) is 1.64. The van der Waals surface area contributed by atoms with Crippen LogP contribution in [0.4, 0.5) is 17.1 Å². The fraction of sp³-hybridized carbons (Fsp3) is 0.0952. The van der Waals surface area contributed by atoms with Crippen LogP contribution in [0.5, 0.6) is 5.75 Å². The molecule has 0 saturated heterocycles. The minimum atomic E-state index is -0.0309. The van der Waals surface area contributed by atoms with Crippen molar-refractivity contribution >= 4 is 23.0 Å². The van der Waals surface area contributed by atoms with Crippen molar-refractivity contribution in [2.45, 2.75) is 6.42 Å². The van der Waals surface area contributed by atoms with Gasteiger partial charge in [-0.05, 0) is 42.0 Å². The second-order valence-electron chi connectivity index (χ2n) is 5.61. The van der Waals surface area contributed by atoms with E-state index in [0.717, 1.165) is 28.4 Å². The number of hydrogen-bond donors (Lipinski definition) is 2. The van der Waals surface area contributed by atoms with Crippen LogP contribution in [0.25, 0.3) is 0 Å². The predicted molar refractivity (Wildman–Crippen MR) is 101 cm³/mol. The molecule has 2 N–H and O–H groups in total. The molecule has 0 fully saturated rings. The van der Waals surface area contributed by atoms with Gasteiger partial charge in [-0.25, -0.2) is 0 Å². The van der Waals surface area contributed by atoms with Gasteiger partial charge in [0.1, 0.15) is 5.75 Å². The number of para-hydroxylation sites is 2. The zero-order chi connectivity index (χ0) is 17.5. The highest BCUT2D eigenvalue weighted by Crippen LogP contribution is 2.27. The summed E-state index contributed by atoms with van der Waals surface area (Å²) in [5.41, 5.74) is 3.58. The lowest BCUT2D eigenvalue weighted by molar-refractivity contribution is -0.115. The van der Waals surface area contributed by atoms with Crippen LogP contribution in [0.15, 0.2) is 78.9 Å². The fourth-order valence-corrected chi connectivity index (χ4v) is 2.53. The summed E-state index contributed by atoms with van der Waals surface area (Å²) < 4.78 is 5.33. The molecule has 0 atom stereocenters. The minimum Gasteiger partial charge on any atom is -0.495 e. The van der Waals surface area contributed by atoms with Crippen LogP contribution < -0.4 is 15.4 Å². The Morgan fingerprint density at radius 3 is 2.20 bits per heavy atom. The summed E-state index contributed by atoms with van der Waals surface area (Å²) in [5, 5.41) is 6.22. The van der Waals surface area contributed by atoms with Crippen LogP contribution in [0.3, 0.4) is 0 Å². The van der Waals surface area contributed by atoms with Crippen LogP contribution in [0.1, 0.15) is 5.56 Å². The molecule has 3 aromatic carbocycles. The maximum atomic E-state index is 12.1. The summed E-state index contributed by atoms with van der Waals surface area (Å²) in [4.78, 5) is 12.1. The Labute approximate surface area is 147 Å². The van der Waals surface area contributed by atoms with Crippen LogP contribution >= 0.6 is 0 Å². The molecule has 0 heterocycles. The molecule has 0 bridgehead atoms.